The fraction of sp³-hybridized carbons (Fsp3) is 0.130. The molecule has 1 N–H and O–H groups in total. The van der Waals surface area contributed by atoms with Gasteiger partial charge in [0.05, 0.1) is 5.69 Å². The lowest BCUT2D eigenvalue weighted by molar-refractivity contribution is 0.666. The van der Waals surface area contributed by atoms with Gasteiger partial charge in [0.15, 0.2) is 0 Å². The number of aromatic nitrogens is 1. The van der Waals surface area contributed by atoms with Crippen LogP contribution in [0.15, 0.2) is 72.8 Å². The van der Waals surface area contributed by atoms with Gasteiger partial charge in [-0.05, 0) is 34.4 Å². The number of benzene rings is 3. The molecule has 3 aromatic carbocycles. The van der Waals surface area contributed by atoms with Gasteiger partial charge in [0.1, 0.15) is 0 Å². The zero-order valence-electron chi connectivity index (χ0n) is 13.9. The fourth-order valence-electron chi connectivity index (χ4n) is 4.23. The summed E-state index contributed by atoms with van der Waals surface area (Å²) in [6.45, 7) is 4.67. The van der Waals surface area contributed by atoms with E-state index in [-0.39, 0.29) is 5.41 Å². The summed E-state index contributed by atoms with van der Waals surface area (Å²) in [4.78, 5) is 3.67. The van der Waals surface area contributed by atoms with Crippen molar-refractivity contribution in [2.75, 3.05) is 0 Å². The predicted octanol–water partition coefficient (Wildman–Crippen LogP) is 6.14. The molecule has 24 heavy (non-hydrogen) atoms. The number of nitrogens with one attached hydrogen (secondary N) is 1. The van der Waals surface area contributed by atoms with Crippen LogP contribution in [-0.2, 0) is 5.41 Å². The van der Waals surface area contributed by atoms with Gasteiger partial charge in [-0.2, -0.15) is 0 Å². The molecule has 1 aliphatic carbocycles. The van der Waals surface area contributed by atoms with E-state index in [0.29, 0.717) is 0 Å². The van der Waals surface area contributed by atoms with E-state index in [1.807, 2.05) is 0 Å². The molecule has 0 fully saturated rings. The van der Waals surface area contributed by atoms with Crippen molar-refractivity contribution < 1.29 is 0 Å². The molecule has 0 saturated carbocycles. The Hall–Kier alpha value is -2.80. The Bertz CT molecular complexity index is 1070. The molecule has 1 nitrogen and oxygen atoms in total. The second-order valence-corrected chi connectivity index (χ2v) is 7.17. The minimum absolute atomic E-state index is 0.0273. The molecule has 1 aromatic heterocycles. The van der Waals surface area contributed by atoms with E-state index in [0.717, 1.165) is 0 Å². The molecule has 1 heterocycles. The quantitative estimate of drug-likeness (QED) is 0.434. The van der Waals surface area contributed by atoms with Crippen LogP contribution in [0.4, 0.5) is 0 Å². The molecular weight excluding hydrogens is 290 g/mol. The van der Waals surface area contributed by atoms with E-state index in [1.165, 1.54) is 44.4 Å². The van der Waals surface area contributed by atoms with Gasteiger partial charge in [-0.25, -0.2) is 0 Å². The third kappa shape index (κ3) is 1.70. The van der Waals surface area contributed by atoms with Crippen LogP contribution in [0.25, 0.3) is 33.3 Å². The first-order chi connectivity index (χ1) is 11.7. The highest BCUT2D eigenvalue weighted by molar-refractivity contribution is 5.98. The Morgan fingerprint density at radius 3 is 2.33 bits per heavy atom. The molecule has 5 rings (SSSR count). The summed E-state index contributed by atoms with van der Waals surface area (Å²) >= 11 is 0. The first-order valence-electron chi connectivity index (χ1n) is 8.48. The van der Waals surface area contributed by atoms with E-state index in [1.54, 1.807) is 0 Å². The summed E-state index contributed by atoms with van der Waals surface area (Å²) in [5.74, 6) is 0. The predicted molar refractivity (Wildman–Crippen MR) is 101 cm³/mol. The van der Waals surface area contributed by atoms with E-state index in [4.69, 9.17) is 0 Å². The van der Waals surface area contributed by atoms with E-state index in [9.17, 15) is 0 Å². The van der Waals surface area contributed by atoms with Crippen LogP contribution in [0.5, 0.6) is 0 Å². The van der Waals surface area contributed by atoms with Crippen molar-refractivity contribution in [3.8, 4) is 22.4 Å². The summed E-state index contributed by atoms with van der Waals surface area (Å²) in [6.07, 6.45) is 0. The summed E-state index contributed by atoms with van der Waals surface area (Å²) < 4.78 is 0. The highest BCUT2D eigenvalue weighted by atomic mass is 14.7. The number of aromatic amines is 1. The van der Waals surface area contributed by atoms with E-state index < -0.39 is 0 Å². The maximum absolute atomic E-state index is 3.67. The lowest BCUT2D eigenvalue weighted by Gasteiger charge is -2.21. The minimum Gasteiger partial charge on any atom is -0.354 e. The molecule has 116 valence electrons. The number of hydrogen-bond acceptors (Lipinski definition) is 0. The van der Waals surface area contributed by atoms with Gasteiger partial charge in [0.2, 0.25) is 0 Å². The van der Waals surface area contributed by atoms with Crippen LogP contribution < -0.4 is 0 Å². The van der Waals surface area contributed by atoms with Crippen LogP contribution in [0, 0.1) is 0 Å². The van der Waals surface area contributed by atoms with Crippen LogP contribution >= 0.6 is 0 Å². The molecule has 0 unspecified atom stereocenters. The Morgan fingerprint density at radius 1 is 0.750 bits per heavy atom. The van der Waals surface area contributed by atoms with Crippen LogP contribution in [0.1, 0.15) is 25.0 Å². The van der Waals surface area contributed by atoms with Gasteiger partial charge in [-0.3, -0.25) is 0 Å². The van der Waals surface area contributed by atoms with Gasteiger partial charge < -0.3 is 4.98 Å². The molecule has 0 saturated heterocycles. The Labute approximate surface area is 142 Å². The third-order valence-corrected chi connectivity index (χ3v) is 5.40. The van der Waals surface area contributed by atoms with Crippen LogP contribution in [0.3, 0.4) is 0 Å². The molecule has 4 aromatic rings. The Balaban J connectivity index is 1.81. The topological polar surface area (TPSA) is 15.8 Å². The van der Waals surface area contributed by atoms with Crippen molar-refractivity contribution in [1.82, 2.24) is 4.98 Å². The second kappa shape index (κ2) is 4.61. The number of fused-ring (bicyclic) bond motifs is 5. The molecule has 0 spiro atoms. The zero-order valence-corrected chi connectivity index (χ0v) is 13.9. The number of H-pyrrole nitrogens is 1. The maximum Gasteiger partial charge on any atom is 0.0509 e. The van der Waals surface area contributed by atoms with Gasteiger partial charge in [-0.15, -0.1) is 0 Å². The van der Waals surface area contributed by atoms with Gasteiger partial charge in [0.25, 0.3) is 0 Å². The number of rotatable bonds is 1. The normalized spacial score (nSPS) is 14.6. The minimum atomic E-state index is 0.0273. The van der Waals surface area contributed by atoms with E-state index >= 15 is 0 Å². The summed E-state index contributed by atoms with van der Waals surface area (Å²) in [5.41, 5.74) is 9.27. The molecule has 1 heteroatoms. The second-order valence-electron chi connectivity index (χ2n) is 7.17. The molecule has 0 amide bonds. The summed E-state index contributed by atoms with van der Waals surface area (Å²) in [6, 6.07) is 26.1. The molecule has 0 atom stereocenters. The fourth-order valence-corrected chi connectivity index (χ4v) is 4.23. The summed E-state index contributed by atoms with van der Waals surface area (Å²) in [5, 5.41) is 1.34. The average molecular weight is 309 g/mol. The first kappa shape index (κ1) is 13.6. The van der Waals surface area contributed by atoms with Crippen molar-refractivity contribution >= 4 is 10.9 Å². The molecule has 0 radical (unpaired) electrons. The van der Waals surface area contributed by atoms with Crippen LogP contribution in [0.2, 0.25) is 0 Å². The van der Waals surface area contributed by atoms with Gasteiger partial charge >= 0.3 is 0 Å². The van der Waals surface area contributed by atoms with Crippen LogP contribution in [-0.4, -0.2) is 4.98 Å². The van der Waals surface area contributed by atoms with Crippen molar-refractivity contribution in [1.29, 1.82) is 0 Å². The molecular formula is C23H19N. The van der Waals surface area contributed by atoms with Crippen molar-refractivity contribution in [3.63, 3.8) is 0 Å². The molecule has 1 aliphatic rings. The highest BCUT2D eigenvalue weighted by Crippen LogP contribution is 2.51. The lowest BCUT2D eigenvalue weighted by atomic mass is 9.81. The zero-order chi connectivity index (χ0) is 16.3. The monoisotopic (exact) mass is 309 g/mol. The number of hydrogen-bond donors (Lipinski definition) is 1. The Morgan fingerprint density at radius 2 is 1.50 bits per heavy atom. The standard InChI is InChI=1S/C23H19N/c1-23(2)19-11-7-6-10-17(19)22-21(23)18-14-16(12-13-20(18)24-22)15-8-4-3-5-9-15/h3-14,24H,1-2H3. The average Bonchev–Trinajstić information content (AvgIpc) is 3.10. The van der Waals surface area contributed by atoms with Crippen molar-refractivity contribution in [2.24, 2.45) is 0 Å². The smallest absolute Gasteiger partial charge is 0.0509 e. The van der Waals surface area contributed by atoms with Crippen molar-refractivity contribution in [2.45, 2.75) is 19.3 Å². The highest BCUT2D eigenvalue weighted by Gasteiger charge is 2.38. The van der Waals surface area contributed by atoms with Gasteiger partial charge in [0, 0.05) is 21.9 Å². The Kier molecular flexibility index (Phi) is 2.62. The van der Waals surface area contributed by atoms with Gasteiger partial charge in [-0.1, -0.05) is 74.5 Å². The lowest BCUT2D eigenvalue weighted by Crippen LogP contribution is -2.14. The molecule has 0 aliphatic heterocycles. The SMILES string of the molecule is CC1(C)c2ccccc2-c2[nH]c3ccc(-c4ccccc4)cc3c21. The largest absolute Gasteiger partial charge is 0.354 e. The maximum atomic E-state index is 3.67. The van der Waals surface area contributed by atoms with E-state index in [2.05, 4.69) is 91.6 Å². The first-order valence-corrected chi connectivity index (χ1v) is 8.48. The van der Waals surface area contributed by atoms with Crippen molar-refractivity contribution in [3.05, 3.63) is 83.9 Å². The third-order valence-electron chi connectivity index (χ3n) is 5.40. The molecule has 0 bridgehead atoms. The summed E-state index contributed by atoms with van der Waals surface area (Å²) in [7, 11) is 0.